The Bertz CT molecular complexity index is 747. The van der Waals surface area contributed by atoms with Crippen LogP contribution in [0.3, 0.4) is 0 Å². The molecule has 0 unspecified atom stereocenters. The fourth-order valence-corrected chi connectivity index (χ4v) is 2.44. The number of nitrogens with zero attached hydrogens (tertiary/aromatic N) is 1. The lowest BCUT2D eigenvalue weighted by Crippen LogP contribution is -2.15. The summed E-state index contributed by atoms with van der Waals surface area (Å²) in [7, 11) is 0. The molecule has 2 rings (SSSR count). The summed E-state index contributed by atoms with van der Waals surface area (Å²) in [5.74, 6) is 0. The van der Waals surface area contributed by atoms with Gasteiger partial charge in [0.15, 0.2) is 5.43 Å². The molecule has 0 amide bonds. The first-order chi connectivity index (χ1) is 9.90. The highest BCUT2D eigenvalue weighted by molar-refractivity contribution is 6.63. The normalized spacial score (nSPS) is 10.7. The van der Waals surface area contributed by atoms with E-state index in [9.17, 15) is 9.59 Å². The lowest BCUT2D eigenvalue weighted by molar-refractivity contribution is -0.111. The van der Waals surface area contributed by atoms with Crippen LogP contribution >= 0.6 is 11.6 Å². The minimum atomic E-state index is -0.423. The minimum Gasteiger partial charge on any atom is -0.320 e. The van der Waals surface area contributed by atoms with Gasteiger partial charge >= 0.3 is 0 Å². The van der Waals surface area contributed by atoms with E-state index in [0.717, 1.165) is 11.4 Å². The second-order valence-electron chi connectivity index (χ2n) is 5.25. The van der Waals surface area contributed by atoms with Crippen LogP contribution in [0.4, 0.5) is 0 Å². The van der Waals surface area contributed by atoms with Crippen molar-refractivity contribution in [2.75, 3.05) is 0 Å². The summed E-state index contributed by atoms with van der Waals surface area (Å²) in [6.45, 7) is 6.02. The number of hydrogen-bond acceptors (Lipinski definition) is 2. The fraction of sp³-hybridized carbons (Fsp3) is 0.294. The van der Waals surface area contributed by atoms with E-state index in [-0.39, 0.29) is 11.8 Å². The number of carbonyl (C=O) groups is 1. The molecule has 0 radical (unpaired) electrons. The zero-order valence-corrected chi connectivity index (χ0v) is 13.2. The van der Waals surface area contributed by atoms with Crippen molar-refractivity contribution in [3.8, 4) is 5.69 Å². The molecule has 0 saturated heterocycles. The van der Waals surface area contributed by atoms with Crippen LogP contribution < -0.4 is 5.43 Å². The predicted molar refractivity (Wildman–Crippen MR) is 85.4 cm³/mol. The molecule has 1 aromatic heterocycles. The lowest BCUT2D eigenvalue weighted by Gasteiger charge is -2.16. The van der Waals surface area contributed by atoms with Gasteiger partial charge in [-0.25, -0.2) is 0 Å². The van der Waals surface area contributed by atoms with Crippen LogP contribution in [0.2, 0.25) is 0 Å². The summed E-state index contributed by atoms with van der Waals surface area (Å²) in [5.41, 5.74) is 4.84. The van der Waals surface area contributed by atoms with Gasteiger partial charge in [-0.15, -0.1) is 0 Å². The number of hydrogen-bond donors (Lipinski definition) is 0. The van der Waals surface area contributed by atoms with Crippen molar-refractivity contribution in [3.63, 3.8) is 0 Å². The Hall–Kier alpha value is -1.87. The van der Waals surface area contributed by atoms with E-state index in [2.05, 4.69) is 19.9 Å². The number of rotatable bonds is 4. The highest BCUT2D eigenvalue weighted by Gasteiger charge is 2.09. The summed E-state index contributed by atoms with van der Waals surface area (Å²) in [5, 5.41) is -0.423. The van der Waals surface area contributed by atoms with Crippen LogP contribution in [0.5, 0.6) is 0 Å². The molecule has 0 N–H and O–H groups in total. The smallest absolute Gasteiger partial charge is 0.221 e. The molecular weight excluding hydrogens is 286 g/mol. The summed E-state index contributed by atoms with van der Waals surface area (Å²) >= 11 is 5.37. The molecule has 0 atom stereocenters. The van der Waals surface area contributed by atoms with E-state index in [1.807, 2.05) is 29.8 Å². The van der Waals surface area contributed by atoms with Crippen LogP contribution in [0.15, 0.2) is 35.3 Å². The summed E-state index contributed by atoms with van der Waals surface area (Å²) < 4.78 is 2.00. The molecular formula is C17H18ClNO2. The number of aryl methyl sites for hydroxylation is 3. The van der Waals surface area contributed by atoms with Crippen molar-refractivity contribution < 1.29 is 4.79 Å². The maximum absolute atomic E-state index is 12.0. The third kappa shape index (κ3) is 3.42. The monoisotopic (exact) mass is 303 g/mol. The molecule has 1 aromatic carbocycles. The number of pyridine rings is 1. The standard InChI is InChI=1S/C17H18ClNO2/c1-11-5-4-6-15(13(11)3)19-10-14(7-8-17(18)21)16(20)9-12(19)2/h4-6,9-10H,7-8H2,1-3H3. The first kappa shape index (κ1) is 15.5. The molecule has 0 aliphatic rings. The van der Waals surface area contributed by atoms with Crippen molar-refractivity contribution in [2.45, 2.75) is 33.6 Å². The van der Waals surface area contributed by atoms with Gasteiger partial charge in [0.25, 0.3) is 0 Å². The maximum Gasteiger partial charge on any atom is 0.221 e. The first-order valence-corrected chi connectivity index (χ1v) is 7.25. The maximum atomic E-state index is 12.0. The van der Waals surface area contributed by atoms with Crippen molar-refractivity contribution in [1.29, 1.82) is 0 Å². The zero-order chi connectivity index (χ0) is 15.6. The van der Waals surface area contributed by atoms with Crippen LogP contribution in [0, 0.1) is 20.8 Å². The van der Waals surface area contributed by atoms with E-state index in [1.165, 1.54) is 11.1 Å². The van der Waals surface area contributed by atoms with Crippen molar-refractivity contribution >= 4 is 16.8 Å². The Morgan fingerprint density at radius 2 is 1.95 bits per heavy atom. The van der Waals surface area contributed by atoms with Crippen LogP contribution in [0.25, 0.3) is 5.69 Å². The van der Waals surface area contributed by atoms with Crippen molar-refractivity contribution in [1.82, 2.24) is 4.57 Å². The van der Waals surface area contributed by atoms with Crippen LogP contribution in [-0.4, -0.2) is 9.81 Å². The third-order valence-electron chi connectivity index (χ3n) is 3.75. The van der Waals surface area contributed by atoms with Gasteiger partial charge in [-0.1, -0.05) is 12.1 Å². The van der Waals surface area contributed by atoms with E-state index in [1.54, 1.807) is 6.07 Å². The number of halogens is 1. The zero-order valence-electron chi connectivity index (χ0n) is 12.4. The van der Waals surface area contributed by atoms with Gasteiger partial charge in [-0.2, -0.15) is 0 Å². The predicted octanol–water partition coefficient (Wildman–Crippen LogP) is 3.46. The highest BCUT2D eigenvalue weighted by Crippen LogP contribution is 2.19. The molecule has 0 bridgehead atoms. The van der Waals surface area contributed by atoms with Gasteiger partial charge in [-0.05, 0) is 56.0 Å². The highest BCUT2D eigenvalue weighted by atomic mass is 35.5. The van der Waals surface area contributed by atoms with Gasteiger partial charge < -0.3 is 4.57 Å². The van der Waals surface area contributed by atoms with Crippen molar-refractivity contribution in [2.24, 2.45) is 0 Å². The molecule has 110 valence electrons. The van der Waals surface area contributed by atoms with Crippen LogP contribution in [0.1, 0.15) is 28.8 Å². The number of benzene rings is 1. The van der Waals surface area contributed by atoms with Crippen LogP contribution in [-0.2, 0) is 11.2 Å². The Morgan fingerprint density at radius 1 is 1.24 bits per heavy atom. The van der Waals surface area contributed by atoms with E-state index in [0.29, 0.717) is 12.0 Å². The van der Waals surface area contributed by atoms with Gasteiger partial charge in [0, 0.05) is 35.6 Å². The molecule has 4 heteroatoms. The summed E-state index contributed by atoms with van der Waals surface area (Å²) in [4.78, 5) is 22.9. The number of carbonyl (C=O) groups excluding carboxylic acids is 1. The second-order valence-corrected chi connectivity index (χ2v) is 5.67. The molecule has 0 fully saturated rings. The molecule has 3 nitrogen and oxygen atoms in total. The molecule has 21 heavy (non-hydrogen) atoms. The second kappa shape index (κ2) is 6.27. The quantitative estimate of drug-likeness (QED) is 0.811. The van der Waals surface area contributed by atoms with Crippen molar-refractivity contribution in [3.05, 3.63) is 63.1 Å². The fourth-order valence-electron chi connectivity index (χ4n) is 2.35. The summed E-state index contributed by atoms with van der Waals surface area (Å²) in [6.07, 6.45) is 2.36. The molecule has 0 saturated carbocycles. The molecule has 0 aliphatic heterocycles. The topological polar surface area (TPSA) is 39.1 Å². The Labute approximate surface area is 129 Å². The van der Waals surface area contributed by atoms with Gasteiger partial charge in [0.05, 0.1) is 0 Å². The van der Waals surface area contributed by atoms with Gasteiger partial charge in [0.2, 0.25) is 5.24 Å². The SMILES string of the molecule is Cc1cccc(-n2cc(CCC(=O)Cl)c(=O)cc2C)c1C. The Morgan fingerprint density at radius 3 is 2.62 bits per heavy atom. The Balaban J connectivity index is 2.53. The van der Waals surface area contributed by atoms with Gasteiger partial charge in [0.1, 0.15) is 0 Å². The first-order valence-electron chi connectivity index (χ1n) is 6.87. The Kier molecular flexibility index (Phi) is 4.63. The average molecular weight is 304 g/mol. The molecule has 0 spiro atoms. The third-order valence-corrected chi connectivity index (χ3v) is 3.94. The summed E-state index contributed by atoms with van der Waals surface area (Å²) in [6, 6.07) is 7.69. The van der Waals surface area contributed by atoms with Gasteiger partial charge in [-0.3, -0.25) is 9.59 Å². The largest absolute Gasteiger partial charge is 0.320 e. The lowest BCUT2D eigenvalue weighted by atomic mass is 10.1. The molecule has 1 heterocycles. The molecule has 0 aliphatic carbocycles. The van der Waals surface area contributed by atoms with E-state index >= 15 is 0 Å². The number of aromatic nitrogens is 1. The average Bonchev–Trinajstić information content (AvgIpc) is 2.41. The minimum absolute atomic E-state index is 0.0491. The van der Waals surface area contributed by atoms with E-state index < -0.39 is 5.24 Å². The van der Waals surface area contributed by atoms with E-state index in [4.69, 9.17) is 11.6 Å². The molecule has 2 aromatic rings.